The topological polar surface area (TPSA) is 72.7 Å². The van der Waals surface area contributed by atoms with Crippen molar-refractivity contribution < 1.29 is 4.79 Å². The summed E-state index contributed by atoms with van der Waals surface area (Å²) in [6.07, 6.45) is 5.51. The molecule has 1 aliphatic rings. The van der Waals surface area contributed by atoms with Gasteiger partial charge in [-0.2, -0.15) is 0 Å². The summed E-state index contributed by atoms with van der Waals surface area (Å²) in [5.74, 6) is 0.304. The van der Waals surface area contributed by atoms with E-state index >= 15 is 0 Å². The SMILES string of the molecule is O=C(Nc1nnc(C2CC2)s1)c1cncn1-c1ccccc1. The van der Waals surface area contributed by atoms with E-state index in [2.05, 4.69) is 20.5 Å². The minimum absolute atomic E-state index is 0.236. The van der Waals surface area contributed by atoms with Crippen molar-refractivity contribution in [2.45, 2.75) is 18.8 Å². The Morgan fingerprint density at radius 2 is 2.05 bits per heavy atom. The van der Waals surface area contributed by atoms with E-state index in [0.29, 0.717) is 16.7 Å². The Bertz CT molecular complexity index is 806. The van der Waals surface area contributed by atoms with E-state index in [1.165, 1.54) is 24.2 Å². The lowest BCUT2D eigenvalue weighted by atomic mass is 10.3. The van der Waals surface area contributed by atoms with Gasteiger partial charge in [0.2, 0.25) is 5.13 Å². The highest BCUT2D eigenvalue weighted by Crippen LogP contribution is 2.42. The number of nitrogens with zero attached hydrogens (tertiary/aromatic N) is 4. The molecular weight excluding hydrogens is 298 g/mol. The van der Waals surface area contributed by atoms with E-state index in [1.54, 1.807) is 17.1 Å². The number of carbonyl (C=O) groups is 1. The van der Waals surface area contributed by atoms with Gasteiger partial charge >= 0.3 is 0 Å². The lowest BCUT2D eigenvalue weighted by Crippen LogP contribution is -2.15. The Morgan fingerprint density at radius 3 is 2.82 bits per heavy atom. The van der Waals surface area contributed by atoms with Crippen molar-refractivity contribution in [3.05, 3.63) is 53.6 Å². The molecule has 0 radical (unpaired) electrons. The smallest absolute Gasteiger partial charge is 0.276 e. The summed E-state index contributed by atoms with van der Waals surface area (Å²) in [5.41, 5.74) is 1.36. The van der Waals surface area contributed by atoms with Gasteiger partial charge in [-0.3, -0.25) is 14.7 Å². The van der Waals surface area contributed by atoms with Crippen molar-refractivity contribution in [3.63, 3.8) is 0 Å². The van der Waals surface area contributed by atoms with Gasteiger partial charge < -0.3 is 0 Å². The van der Waals surface area contributed by atoms with Gasteiger partial charge in [0.25, 0.3) is 5.91 Å². The zero-order valence-electron chi connectivity index (χ0n) is 11.6. The molecule has 6 nitrogen and oxygen atoms in total. The lowest BCUT2D eigenvalue weighted by molar-refractivity contribution is 0.102. The van der Waals surface area contributed by atoms with Crippen molar-refractivity contribution in [2.24, 2.45) is 0 Å². The number of hydrogen-bond acceptors (Lipinski definition) is 5. The fraction of sp³-hybridized carbons (Fsp3) is 0.200. The third-order valence-corrected chi connectivity index (χ3v) is 4.49. The van der Waals surface area contributed by atoms with Gasteiger partial charge in [-0.15, -0.1) is 10.2 Å². The number of carbonyl (C=O) groups excluding carboxylic acids is 1. The first-order chi connectivity index (χ1) is 10.8. The summed E-state index contributed by atoms with van der Waals surface area (Å²) in [6.45, 7) is 0. The number of amides is 1. The summed E-state index contributed by atoms with van der Waals surface area (Å²) in [5, 5.41) is 12.5. The van der Waals surface area contributed by atoms with E-state index in [0.717, 1.165) is 10.7 Å². The molecule has 2 heterocycles. The number of hydrogen-bond donors (Lipinski definition) is 1. The molecule has 0 atom stereocenters. The quantitative estimate of drug-likeness (QED) is 0.804. The molecule has 0 unspecified atom stereocenters. The molecule has 3 aromatic rings. The Balaban J connectivity index is 1.56. The van der Waals surface area contributed by atoms with Crippen molar-refractivity contribution in [2.75, 3.05) is 5.32 Å². The molecule has 1 saturated carbocycles. The van der Waals surface area contributed by atoms with Crippen LogP contribution in [0.1, 0.15) is 34.3 Å². The van der Waals surface area contributed by atoms with Crippen LogP contribution in [-0.4, -0.2) is 25.7 Å². The monoisotopic (exact) mass is 311 g/mol. The first-order valence-electron chi connectivity index (χ1n) is 7.04. The summed E-state index contributed by atoms with van der Waals surface area (Å²) < 4.78 is 1.75. The highest BCUT2D eigenvalue weighted by atomic mass is 32.1. The molecule has 1 amide bonds. The van der Waals surface area contributed by atoms with Crippen LogP contribution >= 0.6 is 11.3 Å². The van der Waals surface area contributed by atoms with Crippen molar-refractivity contribution >= 4 is 22.4 Å². The molecule has 1 aromatic carbocycles. The zero-order chi connectivity index (χ0) is 14.9. The summed E-state index contributed by atoms with van der Waals surface area (Å²) >= 11 is 1.45. The first-order valence-corrected chi connectivity index (χ1v) is 7.85. The molecule has 2 aromatic heterocycles. The fourth-order valence-electron chi connectivity index (χ4n) is 2.20. The van der Waals surface area contributed by atoms with Crippen LogP contribution in [0.3, 0.4) is 0 Å². The predicted octanol–water partition coefficient (Wildman–Crippen LogP) is 2.85. The first kappa shape index (κ1) is 13.1. The lowest BCUT2D eigenvalue weighted by Gasteiger charge is -2.06. The van der Waals surface area contributed by atoms with Gasteiger partial charge in [-0.1, -0.05) is 29.5 Å². The van der Waals surface area contributed by atoms with Gasteiger partial charge in [0, 0.05) is 11.6 Å². The second-order valence-electron chi connectivity index (χ2n) is 5.16. The van der Waals surface area contributed by atoms with Crippen molar-refractivity contribution in [1.82, 2.24) is 19.7 Å². The number of anilines is 1. The Kier molecular flexibility index (Phi) is 3.19. The van der Waals surface area contributed by atoms with E-state index in [4.69, 9.17) is 0 Å². The number of rotatable bonds is 4. The molecular formula is C15H13N5OS. The third-order valence-electron chi connectivity index (χ3n) is 3.49. The molecule has 7 heteroatoms. The largest absolute Gasteiger partial charge is 0.295 e. The average Bonchev–Trinajstić information content (AvgIpc) is 3.10. The molecule has 1 fully saturated rings. The maximum absolute atomic E-state index is 12.4. The second kappa shape index (κ2) is 5.34. The van der Waals surface area contributed by atoms with Crippen molar-refractivity contribution in [1.29, 1.82) is 0 Å². The number of nitrogens with one attached hydrogen (secondary N) is 1. The number of benzene rings is 1. The minimum Gasteiger partial charge on any atom is -0.295 e. The number of para-hydroxylation sites is 1. The molecule has 4 rings (SSSR count). The Hall–Kier alpha value is -2.54. The van der Waals surface area contributed by atoms with Crippen LogP contribution in [0.25, 0.3) is 5.69 Å². The minimum atomic E-state index is -0.236. The van der Waals surface area contributed by atoms with E-state index in [1.807, 2.05) is 30.3 Å². The molecule has 110 valence electrons. The molecule has 0 spiro atoms. The number of aromatic nitrogens is 4. The normalized spacial score (nSPS) is 14.0. The van der Waals surface area contributed by atoms with Crippen LogP contribution < -0.4 is 5.32 Å². The fourth-order valence-corrected chi connectivity index (χ4v) is 3.11. The highest BCUT2D eigenvalue weighted by molar-refractivity contribution is 7.15. The van der Waals surface area contributed by atoms with Gasteiger partial charge in [-0.25, -0.2) is 4.98 Å². The summed E-state index contributed by atoms with van der Waals surface area (Å²) in [4.78, 5) is 16.5. The maximum Gasteiger partial charge on any atom is 0.276 e. The van der Waals surface area contributed by atoms with Gasteiger partial charge in [-0.05, 0) is 25.0 Å². The molecule has 0 bridgehead atoms. The van der Waals surface area contributed by atoms with Crippen LogP contribution in [0.5, 0.6) is 0 Å². The summed E-state index contributed by atoms with van der Waals surface area (Å²) in [7, 11) is 0. The highest BCUT2D eigenvalue weighted by Gasteiger charge is 2.28. The van der Waals surface area contributed by atoms with Crippen LogP contribution in [0.2, 0.25) is 0 Å². The van der Waals surface area contributed by atoms with Gasteiger partial charge in [0.1, 0.15) is 10.7 Å². The molecule has 22 heavy (non-hydrogen) atoms. The Morgan fingerprint density at radius 1 is 1.23 bits per heavy atom. The van der Waals surface area contributed by atoms with Gasteiger partial charge in [0.05, 0.1) is 12.5 Å². The van der Waals surface area contributed by atoms with Crippen LogP contribution in [0, 0.1) is 0 Å². The van der Waals surface area contributed by atoms with Gasteiger partial charge in [0.15, 0.2) is 0 Å². The average molecular weight is 311 g/mol. The van der Waals surface area contributed by atoms with Crippen LogP contribution in [0.4, 0.5) is 5.13 Å². The molecule has 1 aliphatic carbocycles. The molecule has 0 aliphatic heterocycles. The molecule has 1 N–H and O–H groups in total. The predicted molar refractivity (Wildman–Crippen MR) is 83.4 cm³/mol. The van der Waals surface area contributed by atoms with Crippen LogP contribution in [0.15, 0.2) is 42.9 Å². The van der Waals surface area contributed by atoms with Crippen LogP contribution in [-0.2, 0) is 0 Å². The standard InChI is InChI=1S/C15H13N5OS/c21-13(17-15-19-18-14(22-15)10-6-7-10)12-8-16-9-20(12)11-4-2-1-3-5-11/h1-5,8-10H,6-7H2,(H,17,19,21). The van der Waals surface area contributed by atoms with E-state index < -0.39 is 0 Å². The zero-order valence-corrected chi connectivity index (χ0v) is 12.5. The summed E-state index contributed by atoms with van der Waals surface area (Å²) in [6, 6.07) is 9.62. The molecule has 0 saturated heterocycles. The third kappa shape index (κ3) is 2.50. The number of imidazole rings is 1. The van der Waals surface area contributed by atoms with E-state index in [9.17, 15) is 4.79 Å². The van der Waals surface area contributed by atoms with E-state index in [-0.39, 0.29) is 5.91 Å². The maximum atomic E-state index is 12.4. The second-order valence-corrected chi connectivity index (χ2v) is 6.17. The Labute approximate surface area is 130 Å². The van der Waals surface area contributed by atoms with Crippen molar-refractivity contribution in [3.8, 4) is 5.69 Å².